The van der Waals surface area contributed by atoms with E-state index in [4.69, 9.17) is 0 Å². The Kier molecular flexibility index (Phi) is 5.57. The minimum absolute atomic E-state index is 0.0474. The van der Waals surface area contributed by atoms with E-state index >= 15 is 0 Å². The van der Waals surface area contributed by atoms with E-state index in [1.54, 1.807) is 11.3 Å². The van der Waals surface area contributed by atoms with Gasteiger partial charge in [-0.15, -0.1) is 11.3 Å². The number of rotatable bonds is 5. The van der Waals surface area contributed by atoms with Crippen molar-refractivity contribution in [3.8, 4) is 0 Å². The number of amides is 1. The van der Waals surface area contributed by atoms with Crippen LogP contribution in [0.5, 0.6) is 0 Å². The van der Waals surface area contributed by atoms with E-state index in [-0.39, 0.29) is 18.1 Å². The molecule has 4 nitrogen and oxygen atoms in total. The third kappa shape index (κ3) is 4.30. The lowest BCUT2D eigenvalue weighted by Gasteiger charge is -2.30. The first-order chi connectivity index (χ1) is 9.56. The molecule has 1 amide bonds. The number of likely N-dealkylation sites (tertiary alicyclic amines) is 1. The van der Waals surface area contributed by atoms with Gasteiger partial charge < -0.3 is 10.4 Å². The highest BCUT2D eigenvalue weighted by Gasteiger charge is 2.23. The van der Waals surface area contributed by atoms with Gasteiger partial charge in [-0.25, -0.2) is 0 Å². The molecule has 112 valence electrons. The average Bonchev–Trinajstić information content (AvgIpc) is 2.89. The van der Waals surface area contributed by atoms with Crippen LogP contribution in [0.1, 0.15) is 37.6 Å². The predicted molar refractivity (Wildman–Crippen MR) is 81.7 cm³/mol. The summed E-state index contributed by atoms with van der Waals surface area (Å²) in [5.74, 6) is 0.413. The van der Waals surface area contributed by atoms with Gasteiger partial charge >= 0.3 is 0 Å². The lowest BCUT2D eigenvalue weighted by molar-refractivity contribution is -0.124. The first-order valence-electron chi connectivity index (χ1n) is 7.29. The monoisotopic (exact) mass is 296 g/mol. The molecule has 20 heavy (non-hydrogen) atoms. The van der Waals surface area contributed by atoms with Gasteiger partial charge in [0.15, 0.2) is 0 Å². The number of carbonyl (C=O) groups is 1. The standard InChI is InChI=1S/C15H24N2O2S/c1-11(2)15(13-6-4-8-20-13)16-14(19)10-17-7-3-5-12(18)9-17/h4,6,8,11-12,15,18H,3,5,7,9-10H2,1-2H3,(H,16,19)/t12-,15?/m0/s1. The minimum Gasteiger partial charge on any atom is -0.392 e. The van der Waals surface area contributed by atoms with Crippen LogP contribution in [0.2, 0.25) is 0 Å². The summed E-state index contributed by atoms with van der Waals surface area (Å²) in [5.41, 5.74) is 0. The molecule has 2 atom stereocenters. The summed E-state index contributed by atoms with van der Waals surface area (Å²) in [6.45, 7) is 6.13. The van der Waals surface area contributed by atoms with Crippen molar-refractivity contribution in [3.05, 3.63) is 22.4 Å². The zero-order chi connectivity index (χ0) is 14.5. The molecule has 1 aromatic rings. The van der Waals surface area contributed by atoms with Crippen LogP contribution in [0.3, 0.4) is 0 Å². The third-order valence-electron chi connectivity index (χ3n) is 3.68. The van der Waals surface area contributed by atoms with E-state index in [0.29, 0.717) is 19.0 Å². The number of hydrogen-bond acceptors (Lipinski definition) is 4. The Labute approximate surface area is 124 Å². The Balaban J connectivity index is 1.88. The van der Waals surface area contributed by atoms with Crippen LogP contribution in [0.4, 0.5) is 0 Å². The fourth-order valence-corrected chi connectivity index (χ4v) is 3.58. The van der Waals surface area contributed by atoms with Gasteiger partial charge in [0.05, 0.1) is 18.7 Å². The normalized spacial score (nSPS) is 21.9. The fourth-order valence-electron chi connectivity index (χ4n) is 2.63. The maximum Gasteiger partial charge on any atom is 0.234 e. The Morgan fingerprint density at radius 3 is 3.00 bits per heavy atom. The molecule has 1 aromatic heterocycles. The summed E-state index contributed by atoms with van der Waals surface area (Å²) >= 11 is 1.68. The van der Waals surface area contributed by atoms with E-state index in [1.807, 2.05) is 16.3 Å². The van der Waals surface area contributed by atoms with Crippen molar-refractivity contribution >= 4 is 17.2 Å². The second-order valence-corrected chi connectivity index (χ2v) is 6.82. The number of carbonyl (C=O) groups excluding carboxylic acids is 1. The highest BCUT2D eigenvalue weighted by molar-refractivity contribution is 7.10. The van der Waals surface area contributed by atoms with Crippen molar-refractivity contribution in [2.24, 2.45) is 5.92 Å². The average molecular weight is 296 g/mol. The largest absolute Gasteiger partial charge is 0.392 e. The molecule has 5 heteroatoms. The zero-order valence-electron chi connectivity index (χ0n) is 12.2. The van der Waals surface area contributed by atoms with Crippen LogP contribution in [-0.4, -0.2) is 41.7 Å². The van der Waals surface area contributed by atoms with Crippen LogP contribution in [0.15, 0.2) is 17.5 Å². The Morgan fingerprint density at radius 1 is 1.60 bits per heavy atom. The number of piperidine rings is 1. The summed E-state index contributed by atoms with van der Waals surface area (Å²) in [5, 5.41) is 14.8. The van der Waals surface area contributed by atoms with E-state index in [9.17, 15) is 9.90 Å². The zero-order valence-corrected chi connectivity index (χ0v) is 13.0. The Hall–Kier alpha value is -0.910. The van der Waals surface area contributed by atoms with Crippen LogP contribution in [0.25, 0.3) is 0 Å². The van der Waals surface area contributed by atoms with Crippen LogP contribution >= 0.6 is 11.3 Å². The molecule has 2 N–H and O–H groups in total. The summed E-state index contributed by atoms with van der Waals surface area (Å²) in [6.07, 6.45) is 1.53. The quantitative estimate of drug-likeness (QED) is 0.874. The number of aliphatic hydroxyl groups is 1. The van der Waals surface area contributed by atoms with Crippen molar-refractivity contribution in [2.45, 2.75) is 38.8 Å². The van der Waals surface area contributed by atoms with Gasteiger partial charge in [0.1, 0.15) is 0 Å². The topological polar surface area (TPSA) is 52.6 Å². The molecule has 0 radical (unpaired) electrons. The first kappa shape index (κ1) is 15.5. The molecule has 0 bridgehead atoms. The molecule has 1 aliphatic rings. The second-order valence-electron chi connectivity index (χ2n) is 5.84. The van der Waals surface area contributed by atoms with E-state index in [1.165, 1.54) is 4.88 Å². The molecule has 2 rings (SSSR count). The predicted octanol–water partition coefficient (Wildman–Crippen LogP) is 2.02. The van der Waals surface area contributed by atoms with Gasteiger partial charge in [-0.1, -0.05) is 19.9 Å². The molecule has 0 aliphatic carbocycles. The number of β-amino-alcohol motifs (C(OH)–C–C–N with tert-alkyl or cyclic N) is 1. The van der Waals surface area contributed by atoms with Crippen molar-refractivity contribution in [2.75, 3.05) is 19.6 Å². The van der Waals surface area contributed by atoms with E-state index < -0.39 is 0 Å². The van der Waals surface area contributed by atoms with Crippen molar-refractivity contribution in [1.29, 1.82) is 0 Å². The van der Waals surface area contributed by atoms with E-state index in [0.717, 1.165) is 19.4 Å². The SMILES string of the molecule is CC(C)C(NC(=O)CN1CCC[C@H](O)C1)c1cccs1. The molecular formula is C15H24N2O2S. The van der Waals surface area contributed by atoms with Crippen molar-refractivity contribution in [1.82, 2.24) is 10.2 Å². The molecule has 0 spiro atoms. The van der Waals surface area contributed by atoms with Gasteiger partial charge in [0.2, 0.25) is 5.91 Å². The van der Waals surface area contributed by atoms with Crippen molar-refractivity contribution in [3.63, 3.8) is 0 Å². The smallest absolute Gasteiger partial charge is 0.234 e. The molecule has 2 heterocycles. The number of thiophene rings is 1. The first-order valence-corrected chi connectivity index (χ1v) is 8.17. The molecular weight excluding hydrogens is 272 g/mol. The number of nitrogens with one attached hydrogen (secondary N) is 1. The molecule has 0 aromatic carbocycles. The maximum absolute atomic E-state index is 12.2. The summed E-state index contributed by atoms with van der Waals surface area (Å²) in [4.78, 5) is 15.4. The lowest BCUT2D eigenvalue weighted by Crippen LogP contribution is -2.45. The minimum atomic E-state index is -0.283. The Morgan fingerprint density at radius 2 is 2.40 bits per heavy atom. The van der Waals surface area contributed by atoms with Gasteiger partial charge in [0, 0.05) is 11.4 Å². The molecule has 1 saturated heterocycles. The Bertz CT molecular complexity index is 420. The van der Waals surface area contributed by atoms with E-state index in [2.05, 4.69) is 25.2 Å². The lowest BCUT2D eigenvalue weighted by atomic mass is 10.0. The van der Waals surface area contributed by atoms with Gasteiger partial charge in [-0.2, -0.15) is 0 Å². The number of nitrogens with zero attached hydrogens (tertiary/aromatic N) is 1. The molecule has 1 unspecified atom stereocenters. The fraction of sp³-hybridized carbons (Fsp3) is 0.667. The van der Waals surface area contributed by atoms with Crippen LogP contribution in [0, 0.1) is 5.92 Å². The molecule has 1 fully saturated rings. The number of hydrogen-bond donors (Lipinski definition) is 2. The second kappa shape index (κ2) is 7.20. The molecule has 1 aliphatic heterocycles. The summed E-state index contributed by atoms with van der Waals surface area (Å²) in [6, 6.07) is 4.17. The van der Waals surface area contributed by atoms with Crippen LogP contribution in [-0.2, 0) is 4.79 Å². The summed E-state index contributed by atoms with van der Waals surface area (Å²) < 4.78 is 0. The third-order valence-corrected chi connectivity index (χ3v) is 4.64. The van der Waals surface area contributed by atoms with Crippen LogP contribution < -0.4 is 5.32 Å². The highest BCUT2D eigenvalue weighted by atomic mass is 32.1. The van der Waals surface area contributed by atoms with Gasteiger partial charge in [0.25, 0.3) is 0 Å². The summed E-state index contributed by atoms with van der Waals surface area (Å²) in [7, 11) is 0. The maximum atomic E-state index is 12.2. The highest BCUT2D eigenvalue weighted by Crippen LogP contribution is 2.25. The molecule has 0 saturated carbocycles. The van der Waals surface area contributed by atoms with Gasteiger partial charge in [-0.3, -0.25) is 9.69 Å². The number of aliphatic hydroxyl groups excluding tert-OH is 1. The van der Waals surface area contributed by atoms with Crippen molar-refractivity contribution < 1.29 is 9.90 Å². The van der Waals surface area contributed by atoms with Gasteiger partial charge in [-0.05, 0) is 36.8 Å².